The molecule has 1 aliphatic rings. The fourth-order valence-corrected chi connectivity index (χ4v) is 3.59. The number of hydrogen-bond acceptors (Lipinski definition) is 4. The van der Waals surface area contributed by atoms with Crippen LogP contribution in [0.4, 0.5) is 10.1 Å². The van der Waals surface area contributed by atoms with Gasteiger partial charge in [0.2, 0.25) is 0 Å². The van der Waals surface area contributed by atoms with Crippen molar-refractivity contribution < 1.29 is 22.7 Å². The molecular formula is C10H10FNO4S. The van der Waals surface area contributed by atoms with E-state index in [2.05, 4.69) is 0 Å². The molecule has 0 spiro atoms. The maximum atomic E-state index is 13.0. The molecule has 1 heterocycles. The number of halogens is 1. The van der Waals surface area contributed by atoms with Crippen LogP contribution >= 0.6 is 0 Å². The van der Waals surface area contributed by atoms with Crippen LogP contribution in [0.1, 0.15) is 0 Å². The van der Waals surface area contributed by atoms with E-state index >= 15 is 0 Å². The number of nitrogens with zero attached hydrogens (tertiary/aromatic N) is 1. The first-order chi connectivity index (χ1) is 7.84. The van der Waals surface area contributed by atoms with Gasteiger partial charge in [-0.05, 0) is 18.2 Å². The van der Waals surface area contributed by atoms with Crippen molar-refractivity contribution in [1.82, 2.24) is 0 Å². The molecule has 0 saturated heterocycles. The van der Waals surface area contributed by atoms with Crippen LogP contribution in [0.25, 0.3) is 0 Å². The zero-order valence-electron chi connectivity index (χ0n) is 8.92. The van der Waals surface area contributed by atoms with Gasteiger partial charge in [0.25, 0.3) is 0 Å². The summed E-state index contributed by atoms with van der Waals surface area (Å²) in [5.74, 6) is -1.95. The van der Waals surface area contributed by atoms with Gasteiger partial charge in [-0.25, -0.2) is 12.8 Å². The van der Waals surface area contributed by atoms with E-state index in [-0.39, 0.29) is 17.1 Å². The van der Waals surface area contributed by atoms with E-state index in [0.717, 1.165) is 18.2 Å². The van der Waals surface area contributed by atoms with Gasteiger partial charge in [-0.3, -0.25) is 4.79 Å². The number of rotatable bonds is 1. The quantitative estimate of drug-likeness (QED) is 0.743. The minimum absolute atomic E-state index is 0.139. The maximum Gasteiger partial charge on any atom is 0.324 e. The molecule has 1 N–H and O–H groups in total. The standard InChI is InChI=1S/C10H10FNO4S/c1-12-5-9(10(13)14)17(15,16)8-3-2-6(11)4-7(8)12/h2-4,9H,5H2,1H3,(H,13,14). The Morgan fingerprint density at radius 1 is 1.53 bits per heavy atom. The first-order valence-electron chi connectivity index (χ1n) is 4.81. The predicted octanol–water partition coefficient (Wildman–Crippen LogP) is 0.502. The van der Waals surface area contributed by atoms with Crippen LogP contribution in [0.15, 0.2) is 23.1 Å². The first kappa shape index (κ1) is 11.8. The van der Waals surface area contributed by atoms with E-state index in [1.165, 1.54) is 11.9 Å². The summed E-state index contributed by atoms with van der Waals surface area (Å²) in [7, 11) is -2.41. The third-order valence-corrected chi connectivity index (χ3v) is 4.79. The molecule has 5 nitrogen and oxygen atoms in total. The van der Waals surface area contributed by atoms with Crippen LogP contribution in [0.3, 0.4) is 0 Å². The lowest BCUT2D eigenvalue weighted by atomic mass is 10.2. The highest BCUT2D eigenvalue weighted by atomic mass is 32.2. The molecule has 0 radical (unpaired) electrons. The van der Waals surface area contributed by atoms with Crippen molar-refractivity contribution in [3.63, 3.8) is 0 Å². The van der Waals surface area contributed by atoms with Gasteiger partial charge in [0, 0.05) is 13.6 Å². The molecule has 1 aromatic rings. The number of carbonyl (C=O) groups is 1. The van der Waals surface area contributed by atoms with Gasteiger partial charge in [-0.1, -0.05) is 0 Å². The molecular weight excluding hydrogens is 249 g/mol. The summed E-state index contributed by atoms with van der Waals surface area (Å²) in [6.45, 7) is -0.186. The molecule has 0 aliphatic carbocycles. The highest BCUT2D eigenvalue weighted by Crippen LogP contribution is 2.33. The Labute approximate surface area is 97.4 Å². The first-order valence-corrected chi connectivity index (χ1v) is 6.36. The lowest BCUT2D eigenvalue weighted by Crippen LogP contribution is -2.45. The SMILES string of the molecule is CN1CC(C(=O)O)S(=O)(=O)c2ccc(F)cc21. The summed E-state index contributed by atoms with van der Waals surface area (Å²) < 4.78 is 37.0. The summed E-state index contributed by atoms with van der Waals surface area (Å²) in [4.78, 5) is 12.2. The molecule has 0 saturated carbocycles. The average molecular weight is 259 g/mol. The van der Waals surface area contributed by atoms with Crippen molar-refractivity contribution in [2.45, 2.75) is 10.1 Å². The van der Waals surface area contributed by atoms with E-state index in [4.69, 9.17) is 5.11 Å². The minimum atomic E-state index is -3.94. The lowest BCUT2D eigenvalue weighted by molar-refractivity contribution is -0.136. The van der Waals surface area contributed by atoms with E-state index in [9.17, 15) is 17.6 Å². The Balaban J connectivity index is 2.67. The Bertz CT molecular complexity index is 584. The summed E-state index contributed by atoms with van der Waals surface area (Å²) in [6.07, 6.45) is 0. The van der Waals surface area contributed by atoms with E-state index in [0.29, 0.717) is 0 Å². The largest absolute Gasteiger partial charge is 0.480 e. The number of hydrogen-bond donors (Lipinski definition) is 1. The number of anilines is 1. The maximum absolute atomic E-state index is 13.0. The average Bonchev–Trinajstić information content (AvgIpc) is 2.22. The highest BCUT2D eigenvalue weighted by Gasteiger charge is 2.41. The van der Waals surface area contributed by atoms with Crippen LogP contribution in [0.2, 0.25) is 0 Å². The summed E-state index contributed by atoms with van der Waals surface area (Å²) >= 11 is 0. The summed E-state index contributed by atoms with van der Waals surface area (Å²) in [5.41, 5.74) is 0.197. The van der Waals surface area contributed by atoms with Crippen molar-refractivity contribution in [1.29, 1.82) is 0 Å². The van der Waals surface area contributed by atoms with Crippen molar-refractivity contribution in [2.24, 2.45) is 0 Å². The van der Waals surface area contributed by atoms with Crippen LogP contribution in [-0.2, 0) is 14.6 Å². The molecule has 1 atom stereocenters. The van der Waals surface area contributed by atoms with Gasteiger partial charge in [0.1, 0.15) is 5.82 Å². The number of carboxylic acid groups (broad SMARTS) is 1. The molecule has 92 valence electrons. The molecule has 1 aromatic carbocycles. The van der Waals surface area contributed by atoms with Crippen LogP contribution in [0.5, 0.6) is 0 Å². The van der Waals surface area contributed by atoms with Gasteiger partial charge in [-0.2, -0.15) is 0 Å². The topological polar surface area (TPSA) is 74.7 Å². The zero-order chi connectivity index (χ0) is 12.8. The van der Waals surface area contributed by atoms with Gasteiger partial charge in [0.15, 0.2) is 15.1 Å². The Morgan fingerprint density at radius 2 is 2.18 bits per heavy atom. The number of sulfone groups is 1. The van der Waals surface area contributed by atoms with Crippen LogP contribution in [0, 0.1) is 5.82 Å². The van der Waals surface area contributed by atoms with Gasteiger partial charge in [-0.15, -0.1) is 0 Å². The third-order valence-electron chi connectivity index (χ3n) is 2.73. The van der Waals surface area contributed by atoms with Crippen LogP contribution in [-0.4, -0.2) is 38.3 Å². The van der Waals surface area contributed by atoms with Crippen molar-refractivity contribution in [2.75, 3.05) is 18.5 Å². The Kier molecular flexibility index (Phi) is 2.57. The molecule has 0 amide bonds. The molecule has 17 heavy (non-hydrogen) atoms. The highest BCUT2D eigenvalue weighted by molar-refractivity contribution is 7.93. The minimum Gasteiger partial charge on any atom is -0.480 e. The number of aliphatic carboxylic acids is 1. The number of benzene rings is 1. The Hall–Kier alpha value is -1.63. The van der Waals surface area contributed by atoms with Gasteiger partial charge < -0.3 is 10.0 Å². The number of fused-ring (bicyclic) bond motifs is 1. The summed E-state index contributed by atoms with van der Waals surface area (Å²) in [5, 5.41) is 7.38. The normalized spacial score (nSPS) is 22.0. The molecule has 0 bridgehead atoms. The fraction of sp³-hybridized carbons (Fsp3) is 0.300. The second-order valence-corrected chi connectivity index (χ2v) is 5.96. The molecule has 1 unspecified atom stereocenters. The van der Waals surface area contributed by atoms with Crippen molar-refractivity contribution in [3.05, 3.63) is 24.0 Å². The summed E-state index contributed by atoms with van der Waals surface area (Å²) in [6, 6.07) is 3.20. The van der Waals surface area contributed by atoms with Crippen molar-refractivity contribution in [3.8, 4) is 0 Å². The molecule has 1 aliphatic heterocycles. The second kappa shape index (κ2) is 3.69. The second-order valence-electron chi connectivity index (χ2n) is 3.86. The van der Waals surface area contributed by atoms with E-state index in [1.54, 1.807) is 0 Å². The van der Waals surface area contributed by atoms with Gasteiger partial charge in [0.05, 0.1) is 10.6 Å². The lowest BCUT2D eigenvalue weighted by Gasteiger charge is -2.31. The van der Waals surface area contributed by atoms with Crippen molar-refractivity contribution >= 4 is 21.5 Å². The molecule has 0 fully saturated rings. The zero-order valence-corrected chi connectivity index (χ0v) is 9.74. The number of carboxylic acids is 1. The molecule has 2 rings (SSSR count). The smallest absolute Gasteiger partial charge is 0.324 e. The molecule has 0 aromatic heterocycles. The fourth-order valence-electron chi connectivity index (χ4n) is 1.84. The van der Waals surface area contributed by atoms with E-state index < -0.39 is 26.9 Å². The van der Waals surface area contributed by atoms with Crippen LogP contribution < -0.4 is 4.90 Å². The Morgan fingerprint density at radius 3 is 2.76 bits per heavy atom. The third kappa shape index (κ3) is 1.76. The molecule has 7 heteroatoms. The predicted molar refractivity (Wildman–Crippen MR) is 58.3 cm³/mol. The van der Waals surface area contributed by atoms with Gasteiger partial charge >= 0.3 is 5.97 Å². The monoisotopic (exact) mass is 259 g/mol. The van der Waals surface area contributed by atoms with E-state index in [1.807, 2.05) is 0 Å².